The van der Waals surface area contributed by atoms with Gasteiger partial charge in [-0.2, -0.15) is 8.42 Å². The molecule has 31 heavy (non-hydrogen) atoms. The van der Waals surface area contributed by atoms with E-state index >= 15 is 0 Å². The molecule has 0 aromatic rings. The van der Waals surface area contributed by atoms with Crippen LogP contribution < -0.4 is 5.32 Å². The van der Waals surface area contributed by atoms with Crippen molar-refractivity contribution >= 4 is 22.0 Å². The third-order valence-electron chi connectivity index (χ3n) is 5.12. The maximum Gasteiger partial charge on any atom is 0.327 e. The molecule has 0 saturated carbocycles. The SMILES string of the molecule is CC1=C(/C=C/C(C)=C/C=C/C(C)=C/C(=O)NC(CS(=O)(=O)O)C(=O)O)C(C)(C)CCC1. The van der Waals surface area contributed by atoms with Gasteiger partial charge in [-0.05, 0) is 56.6 Å². The highest BCUT2D eigenvalue weighted by Crippen LogP contribution is 2.40. The Morgan fingerprint density at radius 3 is 2.39 bits per heavy atom. The Bertz CT molecular complexity index is 949. The van der Waals surface area contributed by atoms with Gasteiger partial charge in [0.15, 0.2) is 0 Å². The van der Waals surface area contributed by atoms with Crippen LogP contribution in [0.1, 0.15) is 53.9 Å². The normalized spacial score (nSPS) is 19.2. The Morgan fingerprint density at radius 1 is 1.19 bits per heavy atom. The molecule has 7 nitrogen and oxygen atoms in total. The highest BCUT2D eigenvalue weighted by molar-refractivity contribution is 7.85. The number of carbonyl (C=O) groups is 2. The van der Waals surface area contributed by atoms with Crippen LogP contribution in [0.4, 0.5) is 0 Å². The third kappa shape index (κ3) is 9.93. The first-order valence-electron chi connectivity index (χ1n) is 10.1. The highest BCUT2D eigenvalue weighted by atomic mass is 32.2. The number of carbonyl (C=O) groups excluding carboxylic acids is 1. The second kappa shape index (κ2) is 11.2. The van der Waals surface area contributed by atoms with Gasteiger partial charge in [0.2, 0.25) is 5.91 Å². The summed E-state index contributed by atoms with van der Waals surface area (Å²) in [5, 5.41) is 11.0. The molecular weight excluding hydrogens is 418 g/mol. The van der Waals surface area contributed by atoms with Crippen LogP contribution in [-0.2, 0) is 19.7 Å². The quantitative estimate of drug-likeness (QED) is 0.277. The van der Waals surface area contributed by atoms with Crippen LogP contribution in [0.2, 0.25) is 0 Å². The Labute approximate surface area is 185 Å². The molecule has 0 spiro atoms. The van der Waals surface area contributed by atoms with Crippen LogP contribution in [0.3, 0.4) is 0 Å². The molecule has 3 N–H and O–H groups in total. The highest BCUT2D eigenvalue weighted by Gasteiger charge is 2.26. The van der Waals surface area contributed by atoms with Crippen molar-refractivity contribution in [3.8, 4) is 0 Å². The van der Waals surface area contributed by atoms with Gasteiger partial charge in [0.1, 0.15) is 11.8 Å². The fourth-order valence-corrected chi connectivity index (χ4v) is 4.13. The first-order valence-corrected chi connectivity index (χ1v) is 11.7. The summed E-state index contributed by atoms with van der Waals surface area (Å²) in [4.78, 5) is 23.0. The molecule has 8 heteroatoms. The van der Waals surface area contributed by atoms with Gasteiger partial charge in [-0.1, -0.05) is 55.4 Å². The lowest BCUT2D eigenvalue weighted by molar-refractivity contribution is -0.140. The number of allylic oxidation sites excluding steroid dienone is 9. The average Bonchev–Trinajstić information content (AvgIpc) is 2.58. The van der Waals surface area contributed by atoms with Crippen molar-refractivity contribution < 1.29 is 27.7 Å². The lowest BCUT2D eigenvalue weighted by atomic mass is 9.72. The predicted molar refractivity (Wildman–Crippen MR) is 122 cm³/mol. The van der Waals surface area contributed by atoms with E-state index in [4.69, 9.17) is 9.66 Å². The summed E-state index contributed by atoms with van der Waals surface area (Å²) in [6.07, 6.45) is 14.3. The first-order chi connectivity index (χ1) is 14.2. The van der Waals surface area contributed by atoms with Gasteiger partial charge in [0, 0.05) is 6.08 Å². The number of nitrogens with one attached hydrogen (secondary N) is 1. The molecule has 0 bridgehead atoms. The molecule has 1 amide bonds. The van der Waals surface area contributed by atoms with E-state index in [-0.39, 0.29) is 5.41 Å². The number of carboxylic acid groups (broad SMARTS) is 1. The standard InChI is InChI=1S/C23H33NO6S/c1-16(11-12-19-18(3)10-7-13-23(19,4)5)8-6-9-17(2)14-21(25)24-20(22(26)27)15-31(28,29)30/h6,8-9,11-12,14,20H,7,10,13,15H2,1-5H3,(H,24,25)(H,26,27)(H,28,29,30)/b9-6+,12-11+,16-8+,17-14+. The molecule has 0 fully saturated rings. The average molecular weight is 452 g/mol. The molecular formula is C23H33NO6S. The van der Waals surface area contributed by atoms with Crippen molar-refractivity contribution in [1.82, 2.24) is 5.32 Å². The number of hydrogen-bond donors (Lipinski definition) is 3. The Kier molecular flexibility index (Phi) is 9.65. The van der Waals surface area contributed by atoms with Crippen LogP contribution >= 0.6 is 0 Å². The molecule has 172 valence electrons. The van der Waals surface area contributed by atoms with Crippen molar-refractivity contribution in [2.75, 3.05) is 5.75 Å². The van der Waals surface area contributed by atoms with Crippen LogP contribution in [0.15, 0.2) is 58.7 Å². The molecule has 0 aromatic carbocycles. The van der Waals surface area contributed by atoms with Gasteiger partial charge in [-0.3, -0.25) is 9.35 Å². The number of hydrogen-bond acceptors (Lipinski definition) is 4. The fourth-order valence-electron chi connectivity index (χ4n) is 3.49. The topological polar surface area (TPSA) is 121 Å². The maximum absolute atomic E-state index is 11.9. The summed E-state index contributed by atoms with van der Waals surface area (Å²) in [6, 6.07) is -1.73. The minimum absolute atomic E-state index is 0.171. The summed E-state index contributed by atoms with van der Waals surface area (Å²) in [5.74, 6) is -3.41. The smallest absolute Gasteiger partial charge is 0.327 e. The summed E-state index contributed by atoms with van der Waals surface area (Å²) in [5.41, 5.74) is 4.56. The minimum atomic E-state index is -4.54. The zero-order chi connectivity index (χ0) is 23.8. The predicted octanol–water partition coefficient (Wildman–Crippen LogP) is 3.98. The lowest BCUT2D eigenvalue weighted by Crippen LogP contribution is -2.44. The van der Waals surface area contributed by atoms with Gasteiger partial charge < -0.3 is 10.4 Å². The van der Waals surface area contributed by atoms with E-state index in [0.29, 0.717) is 5.57 Å². The largest absolute Gasteiger partial charge is 0.480 e. The molecule has 1 atom stereocenters. The molecule has 1 aliphatic carbocycles. The van der Waals surface area contributed by atoms with Crippen LogP contribution in [0.25, 0.3) is 0 Å². The number of rotatable bonds is 9. The number of carboxylic acids is 1. The van der Waals surface area contributed by atoms with E-state index in [0.717, 1.165) is 18.1 Å². The van der Waals surface area contributed by atoms with Gasteiger partial charge >= 0.3 is 5.97 Å². The Balaban J connectivity index is 2.77. The summed E-state index contributed by atoms with van der Waals surface area (Å²) in [7, 11) is -4.54. The van der Waals surface area contributed by atoms with Gasteiger partial charge in [0.25, 0.3) is 10.1 Å². The van der Waals surface area contributed by atoms with E-state index in [2.05, 4.69) is 38.2 Å². The van der Waals surface area contributed by atoms with Crippen molar-refractivity contribution in [1.29, 1.82) is 0 Å². The summed E-state index contributed by atoms with van der Waals surface area (Å²) in [6.45, 7) is 10.3. The minimum Gasteiger partial charge on any atom is -0.480 e. The summed E-state index contributed by atoms with van der Waals surface area (Å²) < 4.78 is 30.5. The number of aliphatic carboxylic acids is 1. The summed E-state index contributed by atoms with van der Waals surface area (Å²) >= 11 is 0. The van der Waals surface area contributed by atoms with Gasteiger partial charge in [-0.15, -0.1) is 0 Å². The zero-order valence-corrected chi connectivity index (χ0v) is 19.6. The van der Waals surface area contributed by atoms with Crippen LogP contribution in [0, 0.1) is 5.41 Å². The third-order valence-corrected chi connectivity index (χ3v) is 5.88. The molecule has 1 unspecified atom stereocenters. The van der Waals surface area contributed by atoms with E-state index < -0.39 is 33.8 Å². The zero-order valence-electron chi connectivity index (χ0n) is 18.8. The maximum atomic E-state index is 11.9. The second-order valence-electron chi connectivity index (χ2n) is 8.57. The molecule has 0 aliphatic heterocycles. The van der Waals surface area contributed by atoms with Crippen LogP contribution in [-0.4, -0.2) is 41.7 Å². The monoisotopic (exact) mass is 451 g/mol. The molecule has 1 aliphatic rings. The first kappa shape index (κ1) is 26.6. The molecule has 0 radical (unpaired) electrons. The molecule has 0 saturated heterocycles. The molecule has 0 heterocycles. The van der Waals surface area contributed by atoms with Gasteiger partial charge in [-0.25, -0.2) is 4.79 Å². The van der Waals surface area contributed by atoms with E-state index in [1.165, 1.54) is 24.0 Å². The number of amides is 1. The van der Waals surface area contributed by atoms with Crippen molar-refractivity contribution in [2.24, 2.45) is 5.41 Å². The Hall–Kier alpha value is -2.45. The fraction of sp³-hybridized carbons (Fsp3) is 0.478. The second-order valence-corrected chi connectivity index (χ2v) is 10.1. The van der Waals surface area contributed by atoms with Crippen LogP contribution in [0.5, 0.6) is 0 Å². The van der Waals surface area contributed by atoms with Gasteiger partial charge in [0.05, 0.1) is 0 Å². The van der Waals surface area contributed by atoms with Crippen molar-refractivity contribution in [3.05, 3.63) is 58.7 Å². The molecule has 1 rings (SSSR count). The van der Waals surface area contributed by atoms with E-state index in [9.17, 15) is 18.0 Å². The lowest BCUT2D eigenvalue weighted by Gasteiger charge is -2.32. The van der Waals surface area contributed by atoms with E-state index in [1.807, 2.05) is 13.0 Å². The Morgan fingerprint density at radius 2 is 1.84 bits per heavy atom. The van der Waals surface area contributed by atoms with Crippen molar-refractivity contribution in [3.63, 3.8) is 0 Å². The van der Waals surface area contributed by atoms with Crippen molar-refractivity contribution in [2.45, 2.75) is 59.9 Å². The molecule has 0 aromatic heterocycles. The van der Waals surface area contributed by atoms with E-state index in [1.54, 1.807) is 19.1 Å².